The number of rotatable bonds is 4. The Labute approximate surface area is 241 Å². The van der Waals surface area contributed by atoms with E-state index in [1.807, 2.05) is 28.0 Å². The largest absolute Gasteiger partial charge is 0.344 e. The minimum absolute atomic E-state index is 0.0606. The van der Waals surface area contributed by atoms with Gasteiger partial charge < -0.3 is 14.8 Å². The van der Waals surface area contributed by atoms with E-state index in [0.717, 1.165) is 51.0 Å². The van der Waals surface area contributed by atoms with Crippen molar-refractivity contribution in [3.05, 3.63) is 86.9 Å². The number of carbonyl (C=O) groups excluding carboxylic acids is 2. The van der Waals surface area contributed by atoms with Gasteiger partial charge in [-0.3, -0.25) is 9.59 Å². The summed E-state index contributed by atoms with van der Waals surface area (Å²) in [5, 5.41) is 5.11. The first-order valence-corrected chi connectivity index (χ1v) is 14.8. The maximum Gasteiger partial charge on any atom is 0.256 e. The molecule has 1 N–H and O–H groups in total. The van der Waals surface area contributed by atoms with Crippen molar-refractivity contribution in [1.82, 2.24) is 29.5 Å². The molecule has 1 unspecified atom stereocenters. The average Bonchev–Trinajstić information content (AvgIpc) is 3.51. The number of aromatic nitrogens is 4. The van der Waals surface area contributed by atoms with Crippen LogP contribution in [-0.4, -0.2) is 61.0 Å². The number of aromatic amines is 1. The van der Waals surface area contributed by atoms with Crippen LogP contribution in [0.15, 0.2) is 58.8 Å². The number of nitrogens with zero attached hydrogens (tertiary/aromatic N) is 5. The SMILES string of the molecule is CC(C)c1ccc(-n2nc3c4c2CCN(C(=O)c2ccc(Br)c5nc[nH]c25)C4CN(C(=O)C2=CCC2)CC3)cc1. The van der Waals surface area contributed by atoms with Gasteiger partial charge in [-0.05, 0) is 64.5 Å². The molecule has 2 amide bonds. The second kappa shape index (κ2) is 9.73. The van der Waals surface area contributed by atoms with E-state index in [1.54, 1.807) is 6.33 Å². The van der Waals surface area contributed by atoms with Gasteiger partial charge in [0.05, 0.1) is 40.5 Å². The van der Waals surface area contributed by atoms with E-state index in [9.17, 15) is 9.59 Å². The number of fused-ring (bicyclic) bond motifs is 1. The lowest BCUT2D eigenvalue weighted by Gasteiger charge is -2.38. The minimum Gasteiger partial charge on any atom is -0.344 e. The summed E-state index contributed by atoms with van der Waals surface area (Å²) in [4.78, 5) is 39.0. The molecule has 1 aliphatic carbocycles. The van der Waals surface area contributed by atoms with Crippen LogP contribution in [0.25, 0.3) is 16.7 Å². The van der Waals surface area contributed by atoms with E-state index in [-0.39, 0.29) is 17.9 Å². The summed E-state index contributed by atoms with van der Waals surface area (Å²) in [5.41, 5.74) is 8.46. The normalized spacial score (nSPS) is 18.4. The molecule has 0 saturated heterocycles. The van der Waals surface area contributed by atoms with Gasteiger partial charge in [0.2, 0.25) is 5.91 Å². The lowest BCUT2D eigenvalue weighted by atomic mass is 9.94. The molecule has 1 atom stereocenters. The number of amides is 2. The molecule has 2 aromatic carbocycles. The summed E-state index contributed by atoms with van der Waals surface area (Å²) in [5.74, 6) is 0.488. The second-order valence-corrected chi connectivity index (χ2v) is 12.1. The van der Waals surface area contributed by atoms with Crippen LogP contribution >= 0.6 is 15.9 Å². The monoisotopic (exact) mass is 598 g/mol. The molecule has 2 aromatic heterocycles. The van der Waals surface area contributed by atoms with E-state index in [0.29, 0.717) is 49.5 Å². The Kier molecular flexibility index (Phi) is 6.14. The van der Waals surface area contributed by atoms with Crippen LogP contribution < -0.4 is 0 Å². The fourth-order valence-corrected chi connectivity index (χ4v) is 6.69. The summed E-state index contributed by atoms with van der Waals surface area (Å²) in [6, 6.07) is 12.1. The maximum absolute atomic E-state index is 14.2. The van der Waals surface area contributed by atoms with Crippen molar-refractivity contribution in [2.45, 2.75) is 51.5 Å². The number of hydrogen-bond acceptors (Lipinski definition) is 4. The zero-order chi connectivity index (χ0) is 27.5. The van der Waals surface area contributed by atoms with Crippen LogP contribution in [0.1, 0.15) is 71.5 Å². The van der Waals surface area contributed by atoms with Crippen molar-refractivity contribution in [1.29, 1.82) is 0 Å². The number of allylic oxidation sites excluding steroid dienone is 1. The van der Waals surface area contributed by atoms with E-state index >= 15 is 0 Å². The number of benzene rings is 2. The summed E-state index contributed by atoms with van der Waals surface area (Å²) < 4.78 is 2.91. The molecule has 8 nitrogen and oxygen atoms in total. The number of nitrogens with one attached hydrogen (secondary N) is 1. The molecule has 0 saturated carbocycles. The van der Waals surface area contributed by atoms with E-state index in [2.05, 4.69) is 68.7 Å². The van der Waals surface area contributed by atoms with Crippen LogP contribution in [0.2, 0.25) is 0 Å². The Morgan fingerprint density at radius 3 is 2.55 bits per heavy atom. The Balaban J connectivity index is 1.31. The van der Waals surface area contributed by atoms with Crippen molar-refractivity contribution in [3.63, 3.8) is 0 Å². The van der Waals surface area contributed by atoms with Crippen molar-refractivity contribution >= 4 is 38.8 Å². The van der Waals surface area contributed by atoms with Gasteiger partial charge in [0.1, 0.15) is 5.52 Å². The highest BCUT2D eigenvalue weighted by Gasteiger charge is 2.41. The Hall–Kier alpha value is -3.72. The number of hydrogen-bond donors (Lipinski definition) is 1. The Morgan fingerprint density at radius 2 is 1.82 bits per heavy atom. The second-order valence-electron chi connectivity index (χ2n) is 11.2. The van der Waals surface area contributed by atoms with Crippen LogP contribution in [-0.2, 0) is 17.6 Å². The molecule has 4 heterocycles. The molecule has 9 heteroatoms. The summed E-state index contributed by atoms with van der Waals surface area (Å²) >= 11 is 3.55. The van der Waals surface area contributed by atoms with Gasteiger partial charge in [0.15, 0.2) is 0 Å². The minimum atomic E-state index is -0.274. The molecule has 0 spiro atoms. The molecule has 7 rings (SSSR count). The quantitative estimate of drug-likeness (QED) is 0.337. The first-order chi connectivity index (χ1) is 19.4. The molecule has 4 aromatic rings. The first-order valence-electron chi connectivity index (χ1n) is 14.0. The third-order valence-electron chi connectivity index (χ3n) is 8.60. The standard InChI is InChI=1S/C31H31BrN6O2/c1-18(2)19-6-8-21(9-7-19)38-25-13-15-37(31(40)22-10-11-23(32)29-28(22)33-17-34-29)26-16-36(30(39)20-4-3-5-20)14-12-24(35-38)27(25)26/h4,6-11,17-18,26H,3,5,12-16H2,1-2H3,(H,33,34). The van der Waals surface area contributed by atoms with Gasteiger partial charge >= 0.3 is 0 Å². The number of halogens is 1. The van der Waals surface area contributed by atoms with E-state index in [1.165, 1.54) is 5.56 Å². The van der Waals surface area contributed by atoms with Crippen LogP contribution in [0.3, 0.4) is 0 Å². The van der Waals surface area contributed by atoms with Gasteiger partial charge in [-0.2, -0.15) is 5.10 Å². The van der Waals surface area contributed by atoms with Crippen LogP contribution in [0.5, 0.6) is 0 Å². The Morgan fingerprint density at radius 1 is 1.02 bits per heavy atom. The molecule has 204 valence electrons. The lowest BCUT2D eigenvalue weighted by Crippen LogP contribution is -2.46. The Bertz CT molecular complexity index is 1680. The third-order valence-corrected chi connectivity index (χ3v) is 9.24. The molecule has 0 radical (unpaired) electrons. The molecule has 0 bridgehead atoms. The summed E-state index contributed by atoms with van der Waals surface area (Å²) in [6.07, 6.45) is 6.79. The first kappa shape index (κ1) is 25.3. The van der Waals surface area contributed by atoms with E-state index in [4.69, 9.17) is 5.10 Å². The molecule has 3 aliphatic rings. The lowest BCUT2D eigenvalue weighted by molar-refractivity contribution is -0.128. The van der Waals surface area contributed by atoms with Crippen LogP contribution in [0, 0.1) is 0 Å². The van der Waals surface area contributed by atoms with Gasteiger partial charge in [-0.15, -0.1) is 0 Å². The van der Waals surface area contributed by atoms with Crippen molar-refractivity contribution in [3.8, 4) is 5.69 Å². The number of imidazole rings is 1. The highest BCUT2D eigenvalue weighted by atomic mass is 79.9. The third kappa shape index (κ3) is 4.01. The van der Waals surface area contributed by atoms with Gasteiger partial charge in [0, 0.05) is 48.1 Å². The van der Waals surface area contributed by atoms with Gasteiger partial charge in [-0.25, -0.2) is 9.67 Å². The van der Waals surface area contributed by atoms with Crippen molar-refractivity contribution in [2.24, 2.45) is 0 Å². The van der Waals surface area contributed by atoms with Gasteiger partial charge in [-0.1, -0.05) is 32.1 Å². The van der Waals surface area contributed by atoms with E-state index < -0.39 is 0 Å². The highest BCUT2D eigenvalue weighted by Crippen LogP contribution is 2.39. The molecule has 40 heavy (non-hydrogen) atoms. The fourth-order valence-electron chi connectivity index (χ4n) is 6.25. The summed E-state index contributed by atoms with van der Waals surface area (Å²) in [7, 11) is 0. The zero-order valence-electron chi connectivity index (χ0n) is 22.7. The van der Waals surface area contributed by atoms with Crippen LogP contribution in [0.4, 0.5) is 0 Å². The predicted octanol–water partition coefficient (Wildman–Crippen LogP) is 5.48. The molecule has 2 aliphatic heterocycles. The number of H-pyrrole nitrogens is 1. The molecular weight excluding hydrogens is 568 g/mol. The zero-order valence-corrected chi connectivity index (χ0v) is 24.2. The van der Waals surface area contributed by atoms with Crippen molar-refractivity contribution in [2.75, 3.05) is 19.6 Å². The topological polar surface area (TPSA) is 87.1 Å². The van der Waals surface area contributed by atoms with Gasteiger partial charge in [0.25, 0.3) is 5.91 Å². The highest BCUT2D eigenvalue weighted by molar-refractivity contribution is 9.10. The maximum atomic E-state index is 14.2. The molecular formula is C31H31BrN6O2. The average molecular weight is 600 g/mol. The number of carbonyl (C=O) groups is 2. The summed E-state index contributed by atoms with van der Waals surface area (Å²) in [6.45, 7) is 5.98. The predicted molar refractivity (Wildman–Crippen MR) is 157 cm³/mol. The smallest absolute Gasteiger partial charge is 0.256 e. The fraction of sp³-hybridized carbons (Fsp3) is 0.355. The molecule has 0 fully saturated rings. The van der Waals surface area contributed by atoms with Crippen molar-refractivity contribution < 1.29 is 9.59 Å².